The topological polar surface area (TPSA) is 41.1 Å². The molecule has 1 heterocycles. The minimum absolute atomic E-state index is 0.647. The molecule has 1 saturated carbocycles. The molecule has 0 aromatic carbocycles. The first-order valence-electron chi connectivity index (χ1n) is 6.98. The molecule has 0 spiro atoms. The van der Waals surface area contributed by atoms with E-state index in [0.717, 1.165) is 31.2 Å². The van der Waals surface area contributed by atoms with Gasteiger partial charge in [-0.15, -0.1) is 0 Å². The standard InChI is InChI=1S/C14H24N4/c1-4-8-15-9-12-10-16-14(17-11(12)2)18(3)13-6-5-7-13/h10,13,15H,4-9H2,1-3H3. The molecular weight excluding hydrogens is 224 g/mol. The fourth-order valence-corrected chi connectivity index (χ4v) is 2.16. The van der Waals surface area contributed by atoms with Gasteiger partial charge >= 0.3 is 0 Å². The summed E-state index contributed by atoms with van der Waals surface area (Å²) < 4.78 is 0. The first-order chi connectivity index (χ1) is 8.72. The highest BCUT2D eigenvalue weighted by Gasteiger charge is 2.23. The number of hydrogen-bond acceptors (Lipinski definition) is 4. The summed E-state index contributed by atoms with van der Waals surface area (Å²) in [6.07, 6.45) is 7.02. The number of aromatic nitrogens is 2. The van der Waals surface area contributed by atoms with Crippen molar-refractivity contribution in [2.75, 3.05) is 18.5 Å². The summed E-state index contributed by atoms with van der Waals surface area (Å²) in [5.41, 5.74) is 2.30. The van der Waals surface area contributed by atoms with Crippen molar-refractivity contribution < 1.29 is 0 Å². The second kappa shape index (κ2) is 6.14. The van der Waals surface area contributed by atoms with Crippen molar-refractivity contribution in [1.29, 1.82) is 0 Å². The smallest absolute Gasteiger partial charge is 0.225 e. The largest absolute Gasteiger partial charge is 0.341 e. The third-order valence-electron chi connectivity index (χ3n) is 3.75. The molecule has 1 aliphatic carbocycles. The zero-order chi connectivity index (χ0) is 13.0. The van der Waals surface area contributed by atoms with E-state index in [9.17, 15) is 0 Å². The lowest BCUT2D eigenvalue weighted by Crippen LogP contribution is -2.38. The summed E-state index contributed by atoms with van der Waals surface area (Å²) in [7, 11) is 2.10. The molecule has 0 aliphatic heterocycles. The Balaban J connectivity index is 1.99. The molecule has 1 aliphatic rings. The molecule has 0 atom stereocenters. The van der Waals surface area contributed by atoms with Crippen molar-refractivity contribution in [3.05, 3.63) is 17.5 Å². The van der Waals surface area contributed by atoms with E-state index in [-0.39, 0.29) is 0 Å². The van der Waals surface area contributed by atoms with Crippen LogP contribution < -0.4 is 10.2 Å². The van der Waals surface area contributed by atoms with Crippen LogP contribution >= 0.6 is 0 Å². The van der Waals surface area contributed by atoms with Crippen molar-refractivity contribution in [3.8, 4) is 0 Å². The van der Waals surface area contributed by atoms with Crippen LogP contribution in [0.15, 0.2) is 6.20 Å². The highest BCUT2D eigenvalue weighted by Crippen LogP contribution is 2.26. The van der Waals surface area contributed by atoms with Crippen molar-refractivity contribution in [1.82, 2.24) is 15.3 Å². The molecule has 1 aromatic rings. The van der Waals surface area contributed by atoms with E-state index in [2.05, 4.69) is 41.1 Å². The molecule has 18 heavy (non-hydrogen) atoms. The molecule has 1 aromatic heterocycles. The monoisotopic (exact) mass is 248 g/mol. The van der Waals surface area contributed by atoms with E-state index in [1.54, 1.807) is 0 Å². The number of anilines is 1. The van der Waals surface area contributed by atoms with Gasteiger partial charge in [0.2, 0.25) is 5.95 Å². The average Bonchev–Trinajstić information content (AvgIpc) is 2.29. The zero-order valence-electron chi connectivity index (χ0n) is 11.7. The van der Waals surface area contributed by atoms with Gasteiger partial charge < -0.3 is 10.2 Å². The zero-order valence-corrected chi connectivity index (χ0v) is 11.7. The maximum atomic E-state index is 4.63. The molecule has 0 radical (unpaired) electrons. The number of nitrogens with zero attached hydrogens (tertiary/aromatic N) is 3. The summed E-state index contributed by atoms with van der Waals surface area (Å²) in [6, 6.07) is 0.647. The Morgan fingerprint density at radius 2 is 2.22 bits per heavy atom. The highest BCUT2D eigenvalue weighted by molar-refractivity contribution is 5.34. The molecule has 4 heteroatoms. The highest BCUT2D eigenvalue weighted by atomic mass is 15.3. The van der Waals surface area contributed by atoms with E-state index < -0.39 is 0 Å². The fourth-order valence-electron chi connectivity index (χ4n) is 2.16. The summed E-state index contributed by atoms with van der Waals surface area (Å²) in [4.78, 5) is 11.3. The van der Waals surface area contributed by atoms with Gasteiger partial charge in [-0.05, 0) is 39.2 Å². The Morgan fingerprint density at radius 3 is 2.78 bits per heavy atom. The van der Waals surface area contributed by atoms with Crippen LogP contribution in [0.25, 0.3) is 0 Å². The van der Waals surface area contributed by atoms with Gasteiger partial charge in [-0.1, -0.05) is 6.92 Å². The fraction of sp³-hybridized carbons (Fsp3) is 0.714. The summed E-state index contributed by atoms with van der Waals surface area (Å²) >= 11 is 0. The lowest BCUT2D eigenvalue weighted by molar-refractivity contribution is 0.397. The molecular formula is C14H24N4. The lowest BCUT2D eigenvalue weighted by Gasteiger charge is -2.34. The quantitative estimate of drug-likeness (QED) is 0.784. The maximum absolute atomic E-state index is 4.63. The van der Waals surface area contributed by atoms with Gasteiger partial charge in [0.25, 0.3) is 0 Å². The average molecular weight is 248 g/mol. The van der Waals surface area contributed by atoms with Crippen LogP contribution in [0.3, 0.4) is 0 Å². The first kappa shape index (κ1) is 13.3. The maximum Gasteiger partial charge on any atom is 0.225 e. The molecule has 2 rings (SSSR count). The van der Waals surface area contributed by atoms with E-state index in [1.807, 2.05) is 6.20 Å². The van der Waals surface area contributed by atoms with Crippen LogP contribution in [0.1, 0.15) is 43.9 Å². The molecule has 4 nitrogen and oxygen atoms in total. The third-order valence-corrected chi connectivity index (χ3v) is 3.75. The Kier molecular flexibility index (Phi) is 4.53. The van der Waals surface area contributed by atoms with Crippen LogP contribution in [-0.4, -0.2) is 29.6 Å². The van der Waals surface area contributed by atoms with Crippen molar-refractivity contribution in [3.63, 3.8) is 0 Å². The van der Waals surface area contributed by atoms with Gasteiger partial charge in [0.05, 0.1) is 0 Å². The van der Waals surface area contributed by atoms with E-state index in [4.69, 9.17) is 0 Å². The van der Waals surface area contributed by atoms with Gasteiger partial charge in [0, 0.05) is 37.1 Å². The first-order valence-corrected chi connectivity index (χ1v) is 6.98. The molecule has 0 bridgehead atoms. The molecule has 0 saturated heterocycles. The van der Waals surface area contributed by atoms with Crippen molar-refractivity contribution in [2.24, 2.45) is 0 Å². The van der Waals surface area contributed by atoms with Crippen molar-refractivity contribution in [2.45, 2.75) is 52.1 Å². The number of rotatable bonds is 6. The van der Waals surface area contributed by atoms with Gasteiger partial charge in [-0.3, -0.25) is 0 Å². The molecule has 0 amide bonds. The Morgan fingerprint density at radius 1 is 1.44 bits per heavy atom. The normalized spacial score (nSPS) is 15.5. The van der Waals surface area contributed by atoms with E-state index in [0.29, 0.717) is 6.04 Å². The Labute approximate surface area is 110 Å². The van der Waals surface area contributed by atoms with Crippen LogP contribution in [0.4, 0.5) is 5.95 Å². The SMILES string of the molecule is CCCNCc1cnc(N(C)C2CCC2)nc1C. The molecule has 1 fully saturated rings. The third kappa shape index (κ3) is 2.99. The summed E-state index contributed by atoms with van der Waals surface area (Å²) in [6.45, 7) is 6.16. The van der Waals surface area contributed by atoms with Crippen LogP contribution in [0.5, 0.6) is 0 Å². The van der Waals surface area contributed by atoms with E-state index >= 15 is 0 Å². The number of hydrogen-bond donors (Lipinski definition) is 1. The van der Waals surface area contributed by atoms with Crippen LogP contribution in [-0.2, 0) is 6.54 Å². The summed E-state index contributed by atoms with van der Waals surface area (Å²) in [5, 5.41) is 3.39. The minimum Gasteiger partial charge on any atom is -0.341 e. The minimum atomic E-state index is 0.647. The van der Waals surface area contributed by atoms with Gasteiger partial charge in [0.1, 0.15) is 0 Å². The Hall–Kier alpha value is -1.16. The number of nitrogens with one attached hydrogen (secondary N) is 1. The number of aryl methyl sites for hydroxylation is 1. The second-order valence-corrected chi connectivity index (χ2v) is 5.15. The molecule has 0 unspecified atom stereocenters. The van der Waals surface area contributed by atoms with Crippen LogP contribution in [0, 0.1) is 6.92 Å². The van der Waals surface area contributed by atoms with Crippen LogP contribution in [0.2, 0.25) is 0 Å². The molecule has 1 N–H and O–H groups in total. The molecule has 100 valence electrons. The predicted octanol–water partition coefficient (Wildman–Crippen LogP) is 2.27. The van der Waals surface area contributed by atoms with Crippen molar-refractivity contribution >= 4 is 5.95 Å². The van der Waals surface area contributed by atoms with Gasteiger partial charge in [-0.2, -0.15) is 0 Å². The second-order valence-electron chi connectivity index (χ2n) is 5.15. The summed E-state index contributed by atoms with van der Waals surface area (Å²) in [5.74, 6) is 0.872. The Bertz CT molecular complexity index is 387. The van der Waals surface area contributed by atoms with E-state index in [1.165, 1.54) is 24.8 Å². The van der Waals surface area contributed by atoms with Gasteiger partial charge in [0.15, 0.2) is 0 Å². The van der Waals surface area contributed by atoms with Gasteiger partial charge in [-0.25, -0.2) is 9.97 Å². The predicted molar refractivity (Wildman–Crippen MR) is 74.8 cm³/mol. The lowest BCUT2D eigenvalue weighted by atomic mass is 9.92.